The quantitative estimate of drug-likeness (QED) is 0.336. The maximum Gasteiger partial charge on any atom is 0.264 e. The van der Waals surface area contributed by atoms with E-state index in [2.05, 4.69) is 5.32 Å². The van der Waals surface area contributed by atoms with E-state index in [-0.39, 0.29) is 27.7 Å². The zero-order chi connectivity index (χ0) is 24.1. The van der Waals surface area contributed by atoms with Gasteiger partial charge in [0.2, 0.25) is 0 Å². The minimum atomic E-state index is -4.09. The highest BCUT2D eigenvalue weighted by molar-refractivity contribution is 7.92. The van der Waals surface area contributed by atoms with Gasteiger partial charge in [-0.25, -0.2) is 12.8 Å². The Hall–Kier alpha value is -3.68. The summed E-state index contributed by atoms with van der Waals surface area (Å²) in [5.74, 6) is -1.34. The fraction of sp³-hybridized carbons (Fsp3) is 0.0385. The van der Waals surface area contributed by atoms with Crippen LogP contribution in [0.3, 0.4) is 0 Å². The van der Waals surface area contributed by atoms with E-state index >= 15 is 0 Å². The van der Waals surface area contributed by atoms with E-state index in [1.165, 1.54) is 40.7 Å². The number of nitrogens with zero attached hydrogens (tertiary/aromatic N) is 1. The summed E-state index contributed by atoms with van der Waals surface area (Å²) < 4.78 is 42.7. The van der Waals surface area contributed by atoms with Crippen molar-refractivity contribution in [2.24, 2.45) is 0 Å². The van der Waals surface area contributed by atoms with Crippen LogP contribution in [0.15, 0.2) is 108 Å². The highest BCUT2D eigenvalue weighted by atomic mass is 35.5. The molecule has 4 rings (SSSR count). The summed E-state index contributed by atoms with van der Waals surface area (Å²) in [4.78, 5) is 12.7. The van der Waals surface area contributed by atoms with Crippen LogP contribution >= 0.6 is 11.6 Å². The van der Waals surface area contributed by atoms with E-state index in [4.69, 9.17) is 11.6 Å². The molecule has 0 aliphatic rings. The Morgan fingerprint density at radius 2 is 1.47 bits per heavy atom. The molecule has 0 unspecified atom stereocenters. The second-order valence-electron chi connectivity index (χ2n) is 7.41. The number of sulfonamides is 1. The molecule has 5 nitrogen and oxygen atoms in total. The Morgan fingerprint density at radius 3 is 2.15 bits per heavy atom. The van der Waals surface area contributed by atoms with E-state index in [0.717, 1.165) is 5.56 Å². The Labute approximate surface area is 202 Å². The van der Waals surface area contributed by atoms with E-state index in [9.17, 15) is 17.6 Å². The molecule has 0 aromatic heterocycles. The van der Waals surface area contributed by atoms with Crippen molar-refractivity contribution in [1.29, 1.82) is 0 Å². The molecule has 0 saturated heterocycles. The first kappa shape index (κ1) is 23.5. The lowest BCUT2D eigenvalue weighted by Gasteiger charge is -2.25. The van der Waals surface area contributed by atoms with Crippen molar-refractivity contribution < 1.29 is 17.6 Å². The molecule has 1 amide bonds. The normalized spacial score (nSPS) is 11.1. The van der Waals surface area contributed by atoms with Crippen molar-refractivity contribution in [1.82, 2.24) is 0 Å². The summed E-state index contributed by atoms with van der Waals surface area (Å²) in [6.07, 6.45) is 0. The highest BCUT2D eigenvalue weighted by Gasteiger charge is 2.27. The number of carbonyl (C=O) groups is 1. The maximum atomic E-state index is 14.0. The molecule has 0 fully saturated rings. The summed E-state index contributed by atoms with van der Waals surface area (Å²) in [6.45, 7) is 0.0899. The van der Waals surface area contributed by atoms with E-state index in [1.807, 2.05) is 30.3 Å². The van der Waals surface area contributed by atoms with Crippen LogP contribution in [0.25, 0.3) is 0 Å². The molecule has 0 spiro atoms. The monoisotopic (exact) mass is 494 g/mol. The van der Waals surface area contributed by atoms with Gasteiger partial charge in [0.1, 0.15) is 5.82 Å². The predicted octanol–water partition coefficient (Wildman–Crippen LogP) is 6.13. The number of hydrogen-bond donors (Lipinski definition) is 1. The number of rotatable bonds is 7. The number of amides is 1. The van der Waals surface area contributed by atoms with Crippen molar-refractivity contribution in [2.45, 2.75) is 11.4 Å². The zero-order valence-corrected chi connectivity index (χ0v) is 19.4. The fourth-order valence-electron chi connectivity index (χ4n) is 3.38. The lowest BCUT2D eigenvalue weighted by Crippen LogP contribution is -2.30. The molecule has 0 saturated carbocycles. The first-order chi connectivity index (χ1) is 16.4. The third-order valence-corrected chi connectivity index (χ3v) is 7.21. The van der Waals surface area contributed by atoms with Gasteiger partial charge < -0.3 is 5.32 Å². The van der Waals surface area contributed by atoms with Crippen LogP contribution in [-0.4, -0.2) is 14.3 Å². The molecule has 4 aromatic rings. The van der Waals surface area contributed by atoms with Crippen molar-refractivity contribution in [2.75, 3.05) is 9.62 Å². The topological polar surface area (TPSA) is 66.5 Å². The number of para-hydroxylation sites is 2. The van der Waals surface area contributed by atoms with Crippen LogP contribution in [0.5, 0.6) is 0 Å². The van der Waals surface area contributed by atoms with Crippen LogP contribution in [0, 0.1) is 5.82 Å². The van der Waals surface area contributed by atoms with Gasteiger partial charge in [0.25, 0.3) is 15.9 Å². The van der Waals surface area contributed by atoms with Gasteiger partial charge in [-0.05, 0) is 48.0 Å². The Balaban J connectivity index is 1.72. The van der Waals surface area contributed by atoms with Crippen LogP contribution in [0.2, 0.25) is 5.02 Å². The molecule has 172 valence electrons. The van der Waals surface area contributed by atoms with Crippen molar-refractivity contribution in [3.8, 4) is 0 Å². The Kier molecular flexibility index (Phi) is 6.95. The lowest BCUT2D eigenvalue weighted by molar-refractivity contribution is 0.102. The molecule has 0 atom stereocenters. The van der Waals surface area contributed by atoms with E-state index in [1.54, 1.807) is 36.4 Å². The second-order valence-corrected chi connectivity index (χ2v) is 9.68. The van der Waals surface area contributed by atoms with Gasteiger partial charge in [-0.3, -0.25) is 9.10 Å². The molecule has 4 aromatic carbocycles. The minimum Gasteiger partial charge on any atom is -0.319 e. The number of carbonyl (C=O) groups excluding carboxylic acids is 1. The number of benzene rings is 4. The molecule has 0 aliphatic carbocycles. The third kappa shape index (κ3) is 5.11. The number of halogens is 2. The van der Waals surface area contributed by atoms with Gasteiger partial charge in [0, 0.05) is 0 Å². The van der Waals surface area contributed by atoms with Gasteiger partial charge in [-0.2, -0.15) is 0 Å². The molecule has 1 N–H and O–H groups in total. The molecule has 0 radical (unpaired) electrons. The summed E-state index contributed by atoms with van der Waals surface area (Å²) in [6, 6.07) is 27.4. The summed E-state index contributed by atoms with van der Waals surface area (Å²) >= 11 is 6.21. The van der Waals surface area contributed by atoms with Gasteiger partial charge in [-0.15, -0.1) is 0 Å². The van der Waals surface area contributed by atoms with Crippen molar-refractivity contribution >= 4 is 38.9 Å². The average Bonchev–Trinajstić information content (AvgIpc) is 2.85. The van der Waals surface area contributed by atoms with Gasteiger partial charge in [-0.1, -0.05) is 72.3 Å². The molecule has 0 heterocycles. The number of nitrogens with one attached hydrogen (secondary N) is 1. The van der Waals surface area contributed by atoms with Gasteiger partial charge in [0.15, 0.2) is 0 Å². The van der Waals surface area contributed by atoms with Crippen LogP contribution in [-0.2, 0) is 16.6 Å². The zero-order valence-electron chi connectivity index (χ0n) is 17.9. The molecule has 0 bridgehead atoms. The first-order valence-electron chi connectivity index (χ1n) is 10.3. The Morgan fingerprint density at radius 1 is 0.853 bits per heavy atom. The number of anilines is 2. The summed E-state index contributed by atoms with van der Waals surface area (Å²) in [5, 5.41) is 2.48. The maximum absolute atomic E-state index is 14.0. The standard InChI is InChI=1S/C26H20ClFN2O3S/c27-23-16-15-21(17-22(23)26(31)29-25-14-8-7-13-24(25)28)34(32,33)30(20-11-5-2-6-12-20)18-19-9-3-1-4-10-19/h1-17H,18H2,(H,29,31). The summed E-state index contributed by atoms with van der Waals surface area (Å²) in [5.41, 5.74) is 1.14. The smallest absolute Gasteiger partial charge is 0.264 e. The molecular formula is C26H20ClFN2O3S. The van der Waals surface area contributed by atoms with Crippen molar-refractivity contribution in [3.05, 3.63) is 125 Å². The van der Waals surface area contributed by atoms with Crippen LogP contribution in [0.1, 0.15) is 15.9 Å². The van der Waals surface area contributed by atoms with Crippen LogP contribution in [0.4, 0.5) is 15.8 Å². The predicted molar refractivity (Wildman–Crippen MR) is 132 cm³/mol. The molecule has 0 aliphatic heterocycles. The fourth-order valence-corrected chi connectivity index (χ4v) is 5.06. The first-order valence-corrected chi connectivity index (χ1v) is 12.2. The SMILES string of the molecule is O=C(Nc1ccccc1F)c1cc(S(=O)(=O)N(Cc2ccccc2)c2ccccc2)ccc1Cl. The number of hydrogen-bond acceptors (Lipinski definition) is 3. The highest BCUT2D eigenvalue weighted by Crippen LogP contribution is 2.29. The molecule has 34 heavy (non-hydrogen) atoms. The van der Waals surface area contributed by atoms with E-state index < -0.39 is 21.7 Å². The average molecular weight is 495 g/mol. The Bertz CT molecular complexity index is 1410. The summed E-state index contributed by atoms with van der Waals surface area (Å²) in [7, 11) is -4.09. The van der Waals surface area contributed by atoms with Gasteiger partial charge >= 0.3 is 0 Å². The largest absolute Gasteiger partial charge is 0.319 e. The molecule has 8 heteroatoms. The lowest BCUT2D eigenvalue weighted by atomic mass is 10.2. The third-order valence-electron chi connectivity index (χ3n) is 5.11. The second kappa shape index (κ2) is 10.1. The van der Waals surface area contributed by atoms with Crippen LogP contribution < -0.4 is 9.62 Å². The molecular weight excluding hydrogens is 475 g/mol. The van der Waals surface area contributed by atoms with E-state index in [0.29, 0.717) is 5.69 Å². The minimum absolute atomic E-state index is 0.0354. The van der Waals surface area contributed by atoms with Crippen molar-refractivity contribution in [3.63, 3.8) is 0 Å². The van der Waals surface area contributed by atoms with Gasteiger partial charge in [0.05, 0.1) is 33.4 Å².